The molecule has 2 aliphatic heterocycles. The second-order valence-electron chi connectivity index (χ2n) is 6.12. The molecule has 3 nitrogen and oxygen atoms in total. The van der Waals surface area contributed by atoms with Crippen LogP contribution >= 0.6 is 22.6 Å². The summed E-state index contributed by atoms with van der Waals surface area (Å²) in [7, 11) is 1.97. The molecule has 1 N–H and O–H groups in total. The van der Waals surface area contributed by atoms with Crippen LogP contribution in [0.4, 0.5) is 0 Å². The molecule has 3 rings (SSSR count). The molecule has 2 aliphatic rings. The summed E-state index contributed by atoms with van der Waals surface area (Å²) in [6, 6.07) is 7.60. The first kappa shape index (κ1) is 14.3. The molecule has 0 spiro atoms. The number of hydrogen-bond donors (Lipinski definition) is 1. The van der Waals surface area contributed by atoms with Gasteiger partial charge in [0, 0.05) is 28.7 Å². The summed E-state index contributed by atoms with van der Waals surface area (Å²) >= 11 is 2.28. The number of fused-ring (bicyclic) bond motifs is 2. The number of hydrogen-bond acceptors (Lipinski definition) is 2. The van der Waals surface area contributed by atoms with E-state index in [-0.39, 0.29) is 5.91 Å². The Labute approximate surface area is 134 Å². The van der Waals surface area contributed by atoms with E-state index in [1.807, 2.05) is 24.1 Å². The molecule has 0 aliphatic carbocycles. The van der Waals surface area contributed by atoms with E-state index in [0.29, 0.717) is 18.1 Å². The van der Waals surface area contributed by atoms with E-state index in [0.717, 1.165) is 22.0 Å². The lowest BCUT2D eigenvalue weighted by atomic mass is 9.98. The van der Waals surface area contributed by atoms with Gasteiger partial charge in [-0.05, 0) is 66.8 Å². The molecule has 0 saturated carbocycles. The Bertz CT molecular complexity index is 519. The molecule has 108 valence electrons. The van der Waals surface area contributed by atoms with Gasteiger partial charge in [-0.3, -0.25) is 4.79 Å². The molecular formula is C16H21IN2O. The molecule has 2 bridgehead atoms. The minimum atomic E-state index is 0.171. The average molecular weight is 384 g/mol. The number of amides is 1. The van der Waals surface area contributed by atoms with E-state index in [1.54, 1.807) is 0 Å². The van der Waals surface area contributed by atoms with Gasteiger partial charge in [0.15, 0.2) is 0 Å². The van der Waals surface area contributed by atoms with Gasteiger partial charge in [0.2, 0.25) is 0 Å². The number of nitrogens with one attached hydrogen (secondary N) is 1. The maximum absolute atomic E-state index is 12.8. The fourth-order valence-electron chi connectivity index (χ4n) is 3.51. The zero-order valence-corrected chi connectivity index (χ0v) is 14.2. The number of carbonyl (C=O) groups excluding carboxylic acids is 1. The van der Waals surface area contributed by atoms with Crippen molar-refractivity contribution in [1.29, 1.82) is 0 Å². The second kappa shape index (κ2) is 5.64. The molecule has 1 aromatic carbocycles. The molecule has 1 aromatic rings. The minimum Gasteiger partial charge on any atom is -0.339 e. The third-order valence-electron chi connectivity index (χ3n) is 4.74. The molecule has 20 heavy (non-hydrogen) atoms. The largest absolute Gasteiger partial charge is 0.339 e. The maximum Gasteiger partial charge on any atom is 0.254 e. The Morgan fingerprint density at radius 1 is 1.30 bits per heavy atom. The van der Waals surface area contributed by atoms with Gasteiger partial charge >= 0.3 is 0 Å². The highest BCUT2D eigenvalue weighted by molar-refractivity contribution is 14.1. The van der Waals surface area contributed by atoms with Crippen molar-refractivity contribution < 1.29 is 4.79 Å². The van der Waals surface area contributed by atoms with Gasteiger partial charge in [0.05, 0.1) is 5.56 Å². The van der Waals surface area contributed by atoms with Crippen molar-refractivity contribution in [2.75, 3.05) is 7.05 Å². The smallest absolute Gasteiger partial charge is 0.254 e. The van der Waals surface area contributed by atoms with E-state index in [4.69, 9.17) is 0 Å². The Kier molecular flexibility index (Phi) is 4.04. The van der Waals surface area contributed by atoms with Crippen molar-refractivity contribution in [1.82, 2.24) is 10.2 Å². The van der Waals surface area contributed by atoms with Crippen LogP contribution in [0, 0.1) is 10.5 Å². The van der Waals surface area contributed by atoms with Crippen molar-refractivity contribution in [3.05, 3.63) is 32.9 Å². The predicted molar refractivity (Wildman–Crippen MR) is 89.0 cm³/mol. The van der Waals surface area contributed by atoms with Crippen LogP contribution in [0.5, 0.6) is 0 Å². The van der Waals surface area contributed by atoms with Crippen LogP contribution in [0.15, 0.2) is 18.2 Å². The lowest BCUT2D eigenvalue weighted by Crippen LogP contribution is -2.48. The molecule has 2 fully saturated rings. The molecule has 2 unspecified atom stereocenters. The summed E-state index contributed by atoms with van der Waals surface area (Å²) in [6.45, 7) is 2.06. The second-order valence-corrected chi connectivity index (χ2v) is 7.19. The summed E-state index contributed by atoms with van der Waals surface area (Å²) in [5.74, 6) is 0.171. The Balaban J connectivity index is 1.78. The lowest BCUT2D eigenvalue weighted by molar-refractivity contribution is 0.0680. The maximum atomic E-state index is 12.8. The highest BCUT2D eigenvalue weighted by Gasteiger charge is 2.36. The fourth-order valence-corrected chi connectivity index (χ4v) is 4.10. The van der Waals surface area contributed by atoms with Crippen LogP contribution in [-0.2, 0) is 0 Å². The summed E-state index contributed by atoms with van der Waals surface area (Å²) < 4.78 is 1.08. The first-order valence-electron chi connectivity index (χ1n) is 7.34. The van der Waals surface area contributed by atoms with Crippen molar-refractivity contribution in [2.24, 2.45) is 0 Å². The SMILES string of the molecule is Cc1cccc(C(=O)N(C)C2CC3CCC(C2)N3)c1I. The molecule has 0 radical (unpaired) electrons. The van der Waals surface area contributed by atoms with Crippen LogP contribution in [0.25, 0.3) is 0 Å². The number of rotatable bonds is 2. The fraction of sp³-hybridized carbons (Fsp3) is 0.562. The molecule has 4 heteroatoms. The number of carbonyl (C=O) groups is 1. The standard InChI is InChI=1S/C16H21IN2O/c1-10-4-3-5-14(15(10)17)16(20)19(2)13-8-11-6-7-12(9-13)18-11/h3-5,11-13,18H,6-9H2,1-2H3. The van der Waals surface area contributed by atoms with E-state index in [9.17, 15) is 4.79 Å². The van der Waals surface area contributed by atoms with Gasteiger partial charge in [-0.2, -0.15) is 0 Å². The molecule has 2 heterocycles. The first-order valence-corrected chi connectivity index (χ1v) is 8.42. The zero-order valence-electron chi connectivity index (χ0n) is 12.0. The van der Waals surface area contributed by atoms with Crippen LogP contribution < -0.4 is 5.32 Å². The lowest BCUT2D eigenvalue weighted by Gasteiger charge is -2.35. The number of benzene rings is 1. The van der Waals surface area contributed by atoms with Crippen molar-refractivity contribution in [2.45, 2.75) is 50.7 Å². The van der Waals surface area contributed by atoms with Crippen LogP contribution in [0.1, 0.15) is 41.6 Å². The Morgan fingerprint density at radius 3 is 2.60 bits per heavy atom. The highest BCUT2D eigenvalue weighted by Crippen LogP contribution is 2.30. The quantitative estimate of drug-likeness (QED) is 0.796. The monoisotopic (exact) mass is 384 g/mol. The van der Waals surface area contributed by atoms with E-state index in [1.165, 1.54) is 18.4 Å². The van der Waals surface area contributed by atoms with Gasteiger partial charge < -0.3 is 10.2 Å². The topological polar surface area (TPSA) is 32.3 Å². The third kappa shape index (κ3) is 2.60. The van der Waals surface area contributed by atoms with Crippen molar-refractivity contribution in [3.63, 3.8) is 0 Å². The summed E-state index contributed by atoms with van der Waals surface area (Å²) in [4.78, 5) is 14.7. The van der Waals surface area contributed by atoms with E-state index in [2.05, 4.69) is 40.9 Å². The van der Waals surface area contributed by atoms with Crippen molar-refractivity contribution in [3.8, 4) is 0 Å². The van der Waals surface area contributed by atoms with Crippen LogP contribution in [-0.4, -0.2) is 36.0 Å². The number of piperidine rings is 1. The number of aryl methyl sites for hydroxylation is 1. The average Bonchev–Trinajstić information content (AvgIpc) is 2.79. The molecule has 0 aromatic heterocycles. The zero-order chi connectivity index (χ0) is 14.3. The normalized spacial score (nSPS) is 28.4. The van der Waals surface area contributed by atoms with Gasteiger partial charge in [-0.15, -0.1) is 0 Å². The summed E-state index contributed by atoms with van der Waals surface area (Å²) in [6.07, 6.45) is 4.73. The number of nitrogens with zero attached hydrogens (tertiary/aromatic N) is 1. The molecule has 1 amide bonds. The third-order valence-corrected chi connectivity index (χ3v) is 6.17. The highest BCUT2D eigenvalue weighted by atomic mass is 127. The first-order chi connectivity index (χ1) is 9.56. The van der Waals surface area contributed by atoms with Gasteiger partial charge in [-0.25, -0.2) is 0 Å². The summed E-state index contributed by atoms with van der Waals surface area (Å²) in [5.41, 5.74) is 2.02. The molecule has 2 saturated heterocycles. The van der Waals surface area contributed by atoms with E-state index < -0.39 is 0 Å². The minimum absolute atomic E-state index is 0.171. The summed E-state index contributed by atoms with van der Waals surface area (Å²) in [5, 5.41) is 3.63. The Morgan fingerprint density at radius 2 is 1.95 bits per heavy atom. The van der Waals surface area contributed by atoms with Gasteiger partial charge in [0.25, 0.3) is 5.91 Å². The van der Waals surface area contributed by atoms with Crippen LogP contribution in [0.3, 0.4) is 0 Å². The molecular weight excluding hydrogens is 363 g/mol. The van der Waals surface area contributed by atoms with Crippen molar-refractivity contribution >= 4 is 28.5 Å². The van der Waals surface area contributed by atoms with Gasteiger partial charge in [0.1, 0.15) is 0 Å². The van der Waals surface area contributed by atoms with E-state index >= 15 is 0 Å². The number of halogens is 1. The Hall–Kier alpha value is -0.620. The predicted octanol–water partition coefficient (Wildman–Crippen LogP) is 2.95. The molecule has 2 atom stereocenters. The van der Waals surface area contributed by atoms with Gasteiger partial charge in [-0.1, -0.05) is 12.1 Å². The van der Waals surface area contributed by atoms with Crippen LogP contribution in [0.2, 0.25) is 0 Å².